The summed E-state index contributed by atoms with van der Waals surface area (Å²) >= 11 is 6.02. The summed E-state index contributed by atoms with van der Waals surface area (Å²) in [6.45, 7) is 1.87. The molecule has 0 saturated carbocycles. The molecule has 0 aliphatic heterocycles. The van der Waals surface area contributed by atoms with E-state index in [1.165, 1.54) is 17.5 Å². The Morgan fingerprint density at radius 3 is 2.83 bits per heavy atom. The molecule has 1 aliphatic rings. The fraction of sp³-hybridized carbons (Fsp3) is 0.211. The van der Waals surface area contributed by atoms with E-state index >= 15 is 0 Å². The van der Waals surface area contributed by atoms with E-state index in [1.807, 2.05) is 19.1 Å². The molecule has 1 heterocycles. The van der Waals surface area contributed by atoms with Crippen molar-refractivity contribution in [1.29, 1.82) is 0 Å². The Balaban J connectivity index is 1.65. The summed E-state index contributed by atoms with van der Waals surface area (Å²) in [7, 11) is 0. The number of aryl methyl sites for hydroxylation is 3. The van der Waals surface area contributed by atoms with E-state index < -0.39 is 0 Å². The number of carbonyl (C=O) groups excluding carboxylic acids is 1. The first-order valence-corrected chi connectivity index (χ1v) is 8.11. The van der Waals surface area contributed by atoms with Gasteiger partial charge >= 0.3 is 0 Å². The number of nitrogens with one attached hydrogen (secondary N) is 1. The van der Waals surface area contributed by atoms with Crippen molar-refractivity contribution in [3.63, 3.8) is 0 Å². The van der Waals surface area contributed by atoms with E-state index in [0.29, 0.717) is 16.4 Å². The van der Waals surface area contributed by atoms with Gasteiger partial charge in [0.15, 0.2) is 5.76 Å². The van der Waals surface area contributed by atoms with Crippen LogP contribution in [0.3, 0.4) is 0 Å². The van der Waals surface area contributed by atoms with Gasteiger partial charge in [-0.2, -0.15) is 0 Å². The number of benzene rings is 2. The molecular formula is C19H16ClNO2. The van der Waals surface area contributed by atoms with Crippen LogP contribution in [0, 0.1) is 6.92 Å². The molecule has 0 atom stereocenters. The Morgan fingerprint density at radius 2 is 1.96 bits per heavy atom. The molecule has 3 aromatic rings. The molecule has 1 aliphatic carbocycles. The smallest absolute Gasteiger partial charge is 0.291 e. The van der Waals surface area contributed by atoms with E-state index in [1.54, 1.807) is 12.1 Å². The maximum atomic E-state index is 12.6. The molecule has 0 bridgehead atoms. The Kier molecular flexibility index (Phi) is 3.38. The first kappa shape index (κ1) is 14.3. The first-order valence-electron chi connectivity index (χ1n) is 7.73. The Hall–Kier alpha value is -2.26. The number of fused-ring (bicyclic) bond motifs is 2. The van der Waals surface area contributed by atoms with Crippen LogP contribution < -0.4 is 5.32 Å². The average molecular weight is 326 g/mol. The lowest BCUT2D eigenvalue weighted by Crippen LogP contribution is -2.12. The van der Waals surface area contributed by atoms with Gasteiger partial charge in [-0.15, -0.1) is 0 Å². The second kappa shape index (κ2) is 5.43. The molecule has 2 aromatic carbocycles. The van der Waals surface area contributed by atoms with Gasteiger partial charge in [0.05, 0.1) is 0 Å². The quantitative estimate of drug-likeness (QED) is 0.709. The molecule has 0 radical (unpaired) electrons. The lowest BCUT2D eigenvalue weighted by Gasteiger charge is -2.06. The number of anilines is 1. The Morgan fingerprint density at radius 1 is 1.13 bits per heavy atom. The van der Waals surface area contributed by atoms with Crippen molar-refractivity contribution >= 4 is 34.2 Å². The minimum absolute atomic E-state index is 0.229. The molecule has 1 N–H and O–H groups in total. The zero-order valence-electron chi connectivity index (χ0n) is 12.8. The van der Waals surface area contributed by atoms with E-state index in [2.05, 4.69) is 17.4 Å². The van der Waals surface area contributed by atoms with Crippen molar-refractivity contribution in [2.24, 2.45) is 0 Å². The first-order chi connectivity index (χ1) is 11.1. The predicted octanol–water partition coefficient (Wildman–Crippen LogP) is 5.14. The number of carbonyl (C=O) groups is 1. The highest BCUT2D eigenvalue weighted by Crippen LogP contribution is 2.29. The van der Waals surface area contributed by atoms with Crippen molar-refractivity contribution in [3.8, 4) is 0 Å². The molecule has 0 spiro atoms. The van der Waals surface area contributed by atoms with Crippen molar-refractivity contribution < 1.29 is 9.21 Å². The third kappa shape index (κ3) is 2.51. The summed E-state index contributed by atoms with van der Waals surface area (Å²) in [4.78, 5) is 12.6. The fourth-order valence-electron chi connectivity index (χ4n) is 3.25. The normalized spacial score (nSPS) is 13.3. The third-order valence-corrected chi connectivity index (χ3v) is 4.70. The predicted molar refractivity (Wildman–Crippen MR) is 92.4 cm³/mol. The third-order valence-electron chi connectivity index (χ3n) is 4.46. The highest BCUT2D eigenvalue weighted by atomic mass is 35.5. The van der Waals surface area contributed by atoms with Gasteiger partial charge in [-0.3, -0.25) is 4.79 Å². The highest BCUT2D eigenvalue weighted by Gasteiger charge is 2.19. The minimum Gasteiger partial charge on any atom is -0.451 e. The summed E-state index contributed by atoms with van der Waals surface area (Å²) in [5.74, 6) is 0.107. The number of furan rings is 1. The van der Waals surface area contributed by atoms with Crippen molar-refractivity contribution in [1.82, 2.24) is 0 Å². The van der Waals surface area contributed by atoms with Crippen LogP contribution in [0.5, 0.6) is 0 Å². The van der Waals surface area contributed by atoms with Crippen molar-refractivity contribution in [2.45, 2.75) is 26.2 Å². The summed E-state index contributed by atoms with van der Waals surface area (Å²) < 4.78 is 5.71. The molecule has 0 saturated heterocycles. The van der Waals surface area contributed by atoms with Crippen LogP contribution in [0.1, 0.15) is 33.7 Å². The number of halogens is 1. The number of hydrogen-bond donors (Lipinski definition) is 1. The summed E-state index contributed by atoms with van der Waals surface area (Å²) in [6.07, 6.45) is 3.41. The van der Waals surface area contributed by atoms with E-state index in [-0.39, 0.29) is 5.91 Å². The van der Waals surface area contributed by atoms with Gasteiger partial charge in [0.2, 0.25) is 0 Å². The molecule has 4 heteroatoms. The van der Waals surface area contributed by atoms with E-state index in [4.69, 9.17) is 16.0 Å². The topological polar surface area (TPSA) is 42.2 Å². The van der Waals surface area contributed by atoms with Gasteiger partial charge in [-0.25, -0.2) is 0 Å². The van der Waals surface area contributed by atoms with Crippen LogP contribution in [0.2, 0.25) is 5.02 Å². The van der Waals surface area contributed by atoms with Gasteiger partial charge in [-0.05, 0) is 67.6 Å². The molecule has 3 nitrogen and oxygen atoms in total. The number of hydrogen-bond acceptors (Lipinski definition) is 2. The number of rotatable bonds is 2. The van der Waals surface area contributed by atoms with E-state index in [9.17, 15) is 4.79 Å². The largest absolute Gasteiger partial charge is 0.451 e. The fourth-order valence-corrected chi connectivity index (χ4v) is 3.42. The van der Waals surface area contributed by atoms with Gasteiger partial charge < -0.3 is 9.73 Å². The van der Waals surface area contributed by atoms with Crippen LogP contribution in [-0.2, 0) is 12.8 Å². The maximum Gasteiger partial charge on any atom is 0.291 e. The van der Waals surface area contributed by atoms with Crippen molar-refractivity contribution in [2.75, 3.05) is 5.32 Å². The van der Waals surface area contributed by atoms with Gasteiger partial charge in [0.1, 0.15) is 5.58 Å². The lowest BCUT2D eigenvalue weighted by atomic mass is 10.1. The summed E-state index contributed by atoms with van der Waals surface area (Å²) in [5, 5.41) is 4.44. The molecule has 1 aromatic heterocycles. The molecule has 0 unspecified atom stereocenters. The summed E-state index contributed by atoms with van der Waals surface area (Å²) in [5.41, 5.74) is 5.01. The Labute approximate surface area is 139 Å². The Bertz CT molecular complexity index is 927. The molecule has 0 fully saturated rings. The minimum atomic E-state index is -0.229. The monoisotopic (exact) mass is 325 g/mol. The van der Waals surface area contributed by atoms with Gasteiger partial charge in [-0.1, -0.05) is 17.7 Å². The van der Waals surface area contributed by atoms with Crippen molar-refractivity contribution in [3.05, 3.63) is 63.9 Å². The second-order valence-electron chi connectivity index (χ2n) is 5.99. The molecule has 23 heavy (non-hydrogen) atoms. The SMILES string of the molecule is Cc1c(C(=O)Nc2ccc3c(c2)CCC3)oc2ccc(Cl)cc12. The van der Waals surface area contributed by atoms with Crippen LogP contribution in [-0.4, -0.2) is 5.91 Å². The van der Waals surface area contributed by atoms with Crippen LogP contribution in [0.4, 0.5) is 5.69 Å². The molecule has 4 rings (SSSR count). The maximum absolute atomic E-state index is 12.6. The van der Waals surface area contributed by atoms with Crippen LogP contribution in [0.15, 0.2) is 40.8 Å². The standard InChI is InChI=1S/C19H16ClNO2/c1-11-16-10-14(20)6-8-17(16)23-18(11)19(22)21-15-7-5-12-3-2-4-13(12)9-15/h5-10H,2-4H2,1H3,(H,21,22). The zero-order chi connectivity index (χ0) is 16.0. The van der Waals surface area contributed by atoms with Crippen LogP contribution >= 0.6 is 11.6 Å². The highest BCUT2D eigenvalue weighted by molar-refractivity contribution is 6.31. The van der Waals surface area contributed by atoms with Crippen LogP contribution in [0.25, 0.3) is 11.0 Å². The van der Waals surface area contributed by atoms with Gasteiger partial charge in [0, 0.05) is 21.7 Å². The van der Waals surface area contributed by atoms with Gasteiger partial charge in [0.25, 0.3) is 5.91 Å². The lowest BCUT2D eigenvalue weighted by molar-refractivity contribution is 0.0998. The van der Waals surface area contributed by atoms with E-state index in [0.717, 1.165) is 29.5 Å². The average Bonchev–Trinajstić information content (AvgIpc) is 3.12. The zero-order valence-corrected chi connectivity index (χ0v) is 13.5. The molecule has 1 amide bonds. The molecule has 116 valence electrons. The molecular weight excluding hydrogens is 310 g/mol. The summed E-state index contributed by atoms with van der Waals surface area (Å²) in [6, 6.07) is 11.5. The number of amides is 1. The second-order valence-corrected chi connectivity index (χ2v) is 6.42.